The topological polar surface area (TPSA) is 72.9 Å². The first kappa shape index (κ1) is 16.1. The zero-order chi connectivity index (χ0) is 15.6. The molecule has 2 heterocycles. The molecule has 0 aromatic carbocycles. The predicted molar refractivity (Wildman–Crippen MR) is 80.2 cm³/mol. The van der Waals surface area contributed by atoms with Crippen molar-refractivity contribution in [2.24, 2.45) is 5.92 Å². The minimum Gasteiger partial charge on any atom is -0.480 e. The summed E-state index contributed by atoms with van der Waals surface area (Å²) in [6.07, 6.45) is 3.58. The summed E-state index contributed by atoms with van der Waals surface area (Å²) in [5, 5.41) is 11.9. The first-order valence-electron chi connectivity index (χ1n) is 7.94. The summed E-state index contributed by atoms with van der Waals surface area (Å²) in [7, 11) is 0. The van der Waals surface area contributed by atoms with Crippen LogP contribution in [0.1, 0.15) is 40.0 Å². The number of amides is 2. The summed E-state index contributed by atoms with van der Waals surface area (Å²) in [5.41, 5.74) is 0. The third kappa shape index (κ3) is 3.67. The summed E-state index contributed by atoms with van der Waals surface area (Å²) in [5.74, 6) is -1.10. The van der Waals surface area contributed by atoms with Crippen molar-refractivity contribution in [3.05, 3.63) is 0 Å². The lowest BCUT2D eigenvalue weighted by atomic mass is 9.97. The number of piperidine rings is 1. The van der Waals surface area contributed by atoms with Gasteiger partial charge >= 0.3 is 12.0 Å². The van der Waals surface area contributed by atoms with Gasteiger partial charge in [0.2, 0.25) is 0 Å². The quantitative estimate of drug-likeness (QED) is 0.825. The Morgan fingerprint density at radius 1 is 1.24 bits per heavy atom. The Labute approximate surface area is 126 Å². The summed E-state index contributed by atoms with van der Waals surface area (Å²) < 4.78 is 0. The summed E-state index contributed by atoms with van der Waals surface area (Å²) >= 11 is 0. The second kappa shape index (κ2) is 6.64. The van der Waals surface area contributed by atoms with Crippen LogP contribution in [0.2, 0.25) is 0 Å². The fourth-order valence-electron chi connectivity index (χ4n) is 3.36. The molecule has 0 aromatic heterocycles. The van der Waals surface area contributed by atoms with Crippen LogP contribution in [-0.4, -0.2) is 64.7 Å². The molecular formula is C15H27N3O3. The van der Waals surface area contributed by atoms with Gasteiger partial charge in [0.1, 0.15) is 6.04 Å². The Morgan fingerprint density at radius 2 is 1.95 bits per heavy atom. The lowest BCUT2D eigenvalue weighted by molar-refractivity contribution is -0.140. The van der Waals surface area contributed by atoms with E-state index < -0.39 is 12.0 Å². The van der Waals surface area contributed by atoms with Crippen LogP contribution in [0.3, 0.4) is 0 Å². The molecule has 3 unspecified atom stereocenters. The van der Waals surface area contributed by atoms with Gasteiger partial charge in [-0.3, -0.25) is 4.90 Å². The highest BCUT2D eigenvalue weighted by atomic mass is 16.4. The van der Waals surface area contributed by atoms with Gasteiger partial charge in [-0.2, -0.15) is 0 Å². The molecule has 3 atom stereocenters. The monoisotopic (exact) mass is 297 g/mol. The van der Waals surface area contributed by atoms with Crippen LogP contribution in [-0.2, 0) is 4.79 Å². The third-order valence-corrected chi connectivity index (χ3v) is 4.66. The van der Waals surface area contributed by atoms with E-state index in [-0.39, 0.29) is 18.0 Å². The van der Waals surface area contributed by atoms with Crippen molar-refractivity contribution in [2.75, 3.05) is 19.6 Å². The molecule has 2 aliphatic heterocycles. The molecule has 0 aliphatic carbocycles. The first-order chi connectivity index (χ1) is 9.90. The molecule has 2 aliphatic rings. The first-order valence-corrected chi connectivity index (χ1v) is 7.94. The number of fused-ring (bicyclic) bond motifs is 1. The van der Waals surface area contributed by atoms with Crippen LogP contribution in [0, 0.1) is 5.92 Å². The molecule has 6 nitrogen and oxygen atoms in total. The van der Waals surface area contributed by atoms with E-state index in [1.165, 1.54) is 12.8 Å². The van der Waals surface area contributed by atoms with E-state index >= 15 is 0 Å². The highest BCUT2D eigenvalue weighted by molar-refractivity contribution is 5.83. The highest BCUT2D eigenvalue weighted by Crippen LogP contribution is 2.24. The molecule has 2 N–H and O–H groups in total. The molecule has 21 heavy (non-hydrogen) atoms. The number of rotatable bonds is 3. The number of piperazine rings is 1. The zero-order valence-electron chi connectivity index (χ0n) is 13.2. The lowest BCUT2D eigenvalue weighted by Crippen LogP contribution is -2.63. The largest absolute Gasteiger partial charge is 0.480 e. The Hall–Kier alpha value is -1.30. The van der Waals surface area contributed by atoms with Crippen molar-refractivity contribution in [2.45, 2.75) is 58.2 Å². The molecule has 2 rings (SSSR count). The number of hydrogen-bond donors (Lipinski definition) is 2. The molecule has 0 bridgehead atoms. The van der Waals surface area contributed by atoms with E-state index in [0.29, 0.717) is 12.6 Å². The third-order valence-electron chi connectivity index (χ3n) is 4.66. The SMILES string of the molecule is CC(C)C(NC(=O)N1CC2CCCCN2CC1C)C(=O)O. The number of hydrogen-bond acceptors (Lipinski definition) is 3. The van der Waals surface area contributed by atoms with Crippen LogP contribution in [0.5, 0.6) is 0 Å². The Morgan fingerprint density at radius 3 is 2.57 bits per heavy atom. The fraction of sp³-hybridized carbons (Fsp3) is 0.867. The number of nitrogens with one attached hydrogen (secondary N) is 1. The van der Waals surface area contributed by atoms with Crippen LogP contribution in [0.4, 0.5) is 4.79 Å². The van der Waals surface area contributed by atoms with Crippen molar-refractivity contribution < 1.29 is 14.7 Å². The van der Waals surface area contributed by atoms with Crippen LogP contribution >= 0.6 is 0 Å². The van der Waals surface area contributed by atoms with Crippen molar-refractivity contribution in [1.82, 2.24) is 15.1 Å². The molecule has 0 spiro atoms. The minimum absolute atomic E-state index is 0.126. The minimum atomic E-state index is -0.970. The molecule has 2 saturated heterocycles. The number of aliphatic carboxylic acids is 1. The van der Waals surface area contributed by atoms with Crippen LogP contribution < -0.4 is 5.32 Å². The molecule has 0 saturated carbocycles. The Kier molecular flexibility index (Phi) is 5.08. The normalized spacial score (nSPS) is 28.1. The molecule has 6 heteroatoms. The van der Waals surface area contributed by atoms with Gasteiger partial charge in [-0.05, 0) is 32.2 Å². The van der Waals surface area contributed by atoms with E-state index in [1.807, 2.05) is 25.7 Å². The summed E-state index contributed by atoms with van der Waals surface area (Å²) in [4.78, 5) is 27.9. The maximum atomic E-state index is 12.4. The Balaban J connectivity index is 1.99. The molecule has 2 amide bonds. The van der Waals surface area contributed by atoms with E-state index in [2.05, 4.69) is 10.2 Å². The van der Waals surface area contributed by atoms with Crippen molar-refractivity contribution in [3.8, 4) is 0 Å². The predicted octanol–water partition coefficient (Wildman–Crippen LogP) is 1.36. The number of carboxylic acid groups (broad SMARTS) is 1. The van der Waals surface area contributed by atoms with Gasteiger partial charge < -0.3 is 15.3 Å². The molecule has 0 radical (unpaired) electrons. The number of urea groups is 1. The fourth-order valence-corrected chi connectivity index (χ4v) is 3.36. The van der Waals surface area contributed by atoms with E-state index in [1.54, 1.807) is 0 Å². The van der Waals surface area contributed by atoms with Gasteiger partial charge in [0, 0.05) is 25.2 Å². The second-order valence-electron chi connectivity index (χ2n) is 6.66. The van der Waals surface area contributed by atoms with Gasteiger partial charge in [0.25, 0.3) is 0 Å². The number of carbonyl (C=O) groups excluding carboxylic acids is 1. The maximum absolute atomic E-state index is 12.4. The van der Waals surface area contributed by atoms with Gasteiger partial charge in [-0.15, -0.1) is 0 Å². The maximum Gasteiger partial charge on any atom is 0.326 e. The zero-order valence-corrected chi connectivity index (χ0v) is 13.2. The number of nitrogens with zero attached hydrogens (tertiary/aromatic N) is 2. The average molecular weight is 297 g/mol. The van der Waals surface area contributed by atoms with Crippen LogP contribution in [0.25, 0.3) is 0 Å². The van der Waals surface area contributed by atoms with Crippen LogP contribution in [0.15, 0.2) is 0 Å². The van der Waals surface area contributed by atoms with Crippen molar-refractivity contribution in [3.63, 3.8) is 0 Å². The van der Waals surface area contributed by atoms with Crippen molar-refractivity contribution in [1.29, 1.82) is 0 Å². The van der Waals surface area contributed by atoms with Gasteiger partial charge in [-0.25, -0.2) is 9.59 Å². The van der Waals surface area contributed by atoms with E-state index in [0.717, 1.165) is 19.5 Å². The Bertz CT molecular complexity index is 400. The second-order valence-corrected chi connectivity index (χ2v) is 6.66. The molecule has 0 aromatic rings. The molecule has 2 fully saturated rings. The average Bonchev–Trinajstić information content (AvgIpc) is 2.43. The summed E-state index contributed by atoms with van der Waals surface area (Å²) in [6.45, 7) is 8.36. The summed E-state index contributed by atoms with van der Waals surface area (Å²) in [6, 6.07) is -0.508. The van der Waals surface area contributed by atoms with Gasteiger partial charge in [0.05, 0.1) is 0 Å². The molecule has 120 valence electrons. The smallest absolute Gasteiger partial charge is 0.326 e. The van der Waals surface area contributed by atoms with E-state index in [9.17, 15) is 14.7 Å². The van der Waals surface area contributed by atoms with Gasteiger partial charge in [-0.1, -0.05) is 20.3 Å². The van der Waals surface area contributed by atoms with Gasteiger partial charge in [0.15, 0.2) is 0 Å². The highest BCUT2D eigenvalue weighted by Gasteiger charge is 2.36. The standard InChI is InChI=1S/C15H27N3O3/c1-10(2)13(14(19)20)16-15(21)18-9-12-6-4-5-7-17(12)8-11(18)3/h10-13H,4-9H2,1-3H3,(H,16,21)(H,19,20). The molecular weight excluding hydrogens is 270 g/mol. The van der Waals surface area contributed by atoms with E-state index in [4.69, 9.17) is 0 Å². The number of carbonyl (C=O) groups is 2. The van der Waals surface area contributed by atoms with Crippen molar-refractivity contribution >= 4 is 12.0 Å². The number of carboxylic acids is 1. The lowest BCUT2D eigenvalue weighted by Gasteiger charge is -2.47.